The number of Topliss-reactive ketones (excluding diaryl/α,β-unsaturated/α-hetero) is 1. The van der Waals surface area contributed by atoms with Crippen LogP contribution in [0.1, 0.15) is 15.9 Å². The average molecular weight is 286 g/mol. The first kappa shape index (κ1) is 12.6. The smallest absolute Gasteiger partial charge is 0.222 e. The van der Waals surface area contributed by atoms with Gasteiger partial charge in [0, 0.05) is 11.1 Å². The van der Waals surface area contributed by atoms with E-state index in [-0.39, 0.29) is 10.6 Å². The van der Waals surface area contributed by atoms with Crippen LogP contribution in [-0.4, -0.2) is 25.2 Å². The lowest BCUT2D eigenvalue weighted by Crippen LogP contribution is -2.31. The number of ether oxygens (including phenoxy) is 1. The van der Waals surface area contributed by atoms with Gasteiger partial charge in [-0.05, 0) is 12.1 Å². The van der Waals surface area contributed by atoms with Gasteiger partial charge >= 0.3 is 0 Å². The summed E-state index contributed by atoms with van der Waals surface area (Å²) in [5.74, 6) is 0.0574. The van der Waals surface area contributed by atoms with E-state index in [1.54, 1.807) is 54.6 Å². The largest absolute Gasteiger partial charge is 0.476 e. The quantitative estimate of drug-likeness (QED) is 0.623. The first-order valence-corrected chi connectivity index (χ1v) is 7.07. The normalized spacial score (nSPS) is 16.4. The second-order valence-electron chi connectivity index (χ2n) is 4.32. The summed E-state index contributed by atoms with van der Waals surface area (Å²) in [5.41, 5.74) is 0.878. The molecule has 0 N–H and O–H groups in total. The highest BCUT2D eigenvalue weighted by atomic mass is 32.2. The molecule has 0 amide bonds. The number of rotatable bonds is 2. The van der Waals surface area contributed by atoms with E-state index in [4.69, 9.17) is 4.74 Å². The molecule has 0 fully saturated rings. The van der Waals surface area contributed by atoms with Crippen molar-refractivity contribution in [2.45, 2.75) is 6.10 Å². The zero-order valence-electron chi connectivity index (χ0n) is 10.3. The standard InChI is InChI=1S/C15H10O4S/c16-13(10-6-2-1-3-7-10)14-15(20(17)18)11-8-4-5-9-12(11)19-14/h1-9,14H. The first-order valence-electron chi connectivity index (χ1n) is 6.00. The molecule has 0 aromatic heterocycles. The van der Waals surface area contributed by atoms with Gasteiger partial charge in [0.15, 0.2) is 0 Å². The molecule has 1 heterocycles. The molecule has 5 heteroatoms. The van der Waals surface area contributed by atoms with Crippen LogP contribution in [0.3, 0.4) is 0 Å². The molecule has 2 aromatic rings. The van der Waals surface area contributed by atoms with E-state index < -0.39 is 16.4 Å². The highest BCUT2D eigenvalue weighted by Gasteiger charge is 2.37. The van der Waals surface area contributed by atoms with Crippen LogP contribution in [0.5, 0.6) is 5.75 Å². The molecule has 2 aromatic carbocycles. The number of carbonyl (C=O) groups is 1. The topological polar surface area (TPSA) is 60.4 Å². The summed E-state index contributed by atoms with van der Waals surface area (Å²) in [4.78, 5) is 12.4. The molecule has 4 nitrogen and oxygen atoms in total. The van der Waals surface area contributed by atoms with E-state index in [1.165, 1.54) is 0 Å². The molecule has 0 spiro atoms. The SMILES string of the molecule is O=C(c1ccccc1)C1Oc2ccccc2C1=S(=O)=O. The third-order valence-corrected chi connectivity index (χ3v) is 3.90. The van der Waals surface area contributed by atoms with E-state index in [9.17, 15) is 13.2 Å². The Labute approximate surface area is 117 Å². The molecule has 0 saturated heterocycles. The minimum atomic E-state index is -2.51. The van der Waals surface area contributed by atoms with Gasteiger partial charge in [-0.2, -0.15) is 8.42 Å². The minimum absolute atomic E-state index is 0.00514. The van der Waals surface area contributed by atoms with Crippen LogP contribution >= 0.6 is 0 Å². The van der Waals surface area contributed by atoms with Crippen molar-refractivity contribution in [2.75, 3.05) is 0 Å². The van der Waals surface area contributed by atoms with Crippen molar-refractivity contribution < 1.29 is 17.9 Å². The van der Waals surface area contributed by atoms with Crippen molar-refractivity contribution in [1.29, 1.82) is 0 Å². The van der Waals surface area contributed by atoms with Crippen molar-refractivity contribution in [3.8, 4) is 5.75 Å². The van der Waals surface area contributed by atoms with Gasteiger partial charge in [-0.15, -0.1) is 0 Å². The molecule has 1 atom stereocenters. The van der Waals surface area contributed by atoms with Crippen molar-refractivity contribution >= 4 is 20.9 Å². The molecule has 1 unspecified atom stereocenters. The Kier molecular flexibility index (Phi) is 3.12. The van der Waals surface area contributed by atoms with Crippen LogP contribution in [-0.2, 0) is 10.3 Å². The van der Waals surface area contributed by atoms with E-state index in [2.05, 4.69) is 0 Å². The van der Waals surface area contributed by atoms with E-state index in [0.717, 1.165) is 0 Å². The van der Waals surface area contributed by atoms with Gasteiger partial charge in [0.05, 0.1) is 0 Å². The molecular weight excluding hydrogens is 276 g/mol. The third-order valence-electron chi connectivity index (χ3n) is 3.11. The molecular formula is C15H10O4S. The number of carbonyl (C=O) groups excluding carboxylic acids is 1. The molecule has 1 aliphatic rings. The Balaban J connectivity index is 2.10. The van der Waals surface area contributed by atoms with Crippen LogP contribution in [0.4, 0.5) is 0 Å². The Morgan fingerprint density at radius 2 is 1.60 bits per heavy atom. The maximum atomic E-state index is 12.4. The number of ketones is 1. The zero-order valence-corrected chi connectivity index (χ0v) is 11.1. The number of benzene rings is 2. The molecule has 0 bridgehead atoms. The maximum absolute atomic E-state index is 12.4. The minimum Gasteiger partial charge on any atom is -0.476 e. The van der Waals surface area contributed by atoms with Crippen LogP contribution in [0, 0.1) is 0 Å². The Morgan fingerprint density at radius 1 is 0.950 bits per heavy atom. The van der Waals surface area contributed by atoms with Gasteiger partial charge in [-0.25, -0.2) is 0 Å². The molecule has 20 heavy (non-hydrogen) atoms. The highest BCUT2D eigenvalue weighted by molar-refractivity contribution is 7.73. The van der Waals surface area contributed by atoms with Gasteiger partial charge in [-0.3, -0.25) is 4.79 Å². The van der Waals surface area contributed by atoms with E-state index in [1.807, 2.05) is 0 Å². The number of hydrogen-bond donors (Lipinski definition) is 0. The molecule has 0 saturated carbocycles. The molecule has 100 valence electrons. The van der Waals surface area contributed by atoms with Crippen molar-refractivity contribution in [2.24, 2.45) is 0 Å². The summed E-state index contributed by atoms with van der Waals surface area (Å²) < 4.78 is 28.4. The lowest BCUT2D eigenvalue weighted by molar-refractivity contribution is 0.0883. The Hall–Kier alpha value is -2.40. The van der Waals surface area contributed by atoms with Crippen molar-refractivity contribution in [1.82, 2.24) is 0 Å². The molecule has 3 rings (SSSR count). The zero-order chi connectivity index (χ0) is 14.1. The lowest BCUT2D eigenvalue weighted by atomic mass is 10.0. The predicted octanol–water partition coefficient (Wildman–Crippen LogP) is 1.73. The lowest BCUT2D eigenvalue weighted by Gasteiger charge is -2.09. The summed E-state index contributed by atoms with van der Waals surface area (Å²) in [7, 11) is -2.51. The number of hydrogen-bond acceptors (Lipinski definition) is 4. The van der Waals surface area contributed by atoms with Crippen molar-refractivity contribution in [3.63, 3.8) is 0 Å². The van der Waals surface area contributed by atoms with Gasteiger partial charge in [0.25, 0.3) is 0 Å². The van der Waals surface area contributed by atoms with E-state index in [0.29, 0.717) is 16.9 Å². The number of para-hydroxylation sites is 1. The fourth-order valence-electron chi connectivity index (χ4n) is 2.20. The predicted molar refractivity (Wildman–Crippen MR) is 74.7 cm³/mol. The second kappa shape index (κ2) is 4.94. The fraction of sp³-hybridized carbons (Fsp3) is 0.0667. The van der Waals surface area contributed by atoms with Gasteiger partial charge < -0.3 is 4.74 Å². The summed E-state index contributed by atoms with van der Waals surface area (Å²) >= 11 is 0. The summed E-state index contributed by atoms with van der Waals surface area (Å²) in [5, 5.41) is 0. The monoisotopic (exact) mass is 286 g/mol. The maximum Gasteiger partial charge on any atom is 0.222 e. The highest BCUT2D eigenvalue weighted by Crippen LogP contribution is 2.29. The van der Waals surface area contributed by atoms with Gasteiger partial charge in [-0.1, -0.05) is 42.5 Å². The van der Waals surface area contributed by atoms with Gasteiger partial charge in [0.2, 0.25) is 22.2 Å². The van der Waals surface area contributed by atoms with Crippen LogP contribution in [0.2, 0.25) is 0 Å². The molecule has 1 aliphatic heterocycles. The van der Waals surface area contributed by atoms with Crippen LogP contribution in [0.25, 0.3) is 0 Å². The summed E-state index contributed by atoms with van der Waals surface area (Å²) in [6.45, 7) is 0. The van der Waals surface area contributed by atoms with Gasteiger partial charge in [0.1, 0.15) is 10.6 Å². The molecule has 0 aliphatic carbocycles. The van der Waals surface area contributed by atoms with Crippen LogP contribution in [0.15, 0.2) is 54.6 Å². The Bertz CT molecular complexity index is 799. The number of fused-ring (bicyclic) bond motifs is 1. The summed E-state index contributed by atoms with van der Waals surface area (Å²) in [6.07, 6.45) is -1.10. The summed E-state index contributed by atoms with van der Waals surface area (Å²) in [6, 6.07) is 15.3. The van der Waals surface area contributed by atoms with Crippen LogP contribution < -0.4 is 4.74 Å². The molecule has 0 radical (unpaired) electrons. The first-order chi connectivity index (χ1) is 9.68. The second-order valence-corrected chi connectivity index (χ2v) is 5.23. The van der Waals surface area contributed by atoms with E-state index >= 15 is 0 Å². The average Bonchev–Trinajstić information content (AvgIpc) is 2.86. The third kappa shape index (κ3) is 2.02. The Morgan fingerprint density at radius 3 is 2.30 bits per heavy atom. The van der Waals surface area contributed by atoms with Crippen molar-refractivity contribution in [3.05, 3.63) is 65.7 Å². The fourth-order valence-corrected chi connectivity index (χ4v) is 2.88.